The summed E-state index contributed by atoms with van der Waals surface area (Å²) in [5, 5.41) is 11.2. The van der Waals surface area contributed by atoms with Gasteiger partial charge in [-0.25, -0.2) is 9.31 Å². The molecule has 1 amide bonds. The average molecular weight is 439 g/mol. The lowest BCUT2D eigenvalue weighted by molar-refractivity contribution is 0.0256. The quantitative estimate of drug-likeness (QED) is 0.640. The summed E-state index contributed by atoms with van der Waals surface area (Å²) in [6.45, 7) is 9.43. The molecular weight excluding hydrogens is 408 g/mol. The minimum Gasteiger partial charge on any atom is -0.489 e. The summed E-state index contributed by atoms with van der Waals surface area (Å²) >= 11 is 0. The number of rotatable bonds is 5. The molecule has 0 atom stereocenters. The number of alkyl carbamates (subject to hydrolysis) is 1. The van der Waals surface area contributed by atoms with Crippen LogP contribution >= 0.6 is 0 Å². The van der Waals surface area contributed by atoms with Crippen LogP contribution in [-0.4, -0.2) is 45.8 Å². The van der Waals surface area contributed by atoms with Crippen LogP contribution in [0.25, 0.3) is 16.6 Å². The Morgan fingerprint density at radius 1 is 1.25 bits per heavy atom. The third kappa shape index (κ3) is 5.37. The molecule has 8 heteroatoms. The van der Waals surface area contributed by atoms with Gasteiger partial charge in [-0.05, 0) is 44.4 Å². The van der Waals surface area contributed by atoms with Crippen LogP contribution < -0.4 is 10.1 Å². The molecular formula is C24H30N4O4. The maximum Gasteiger partial charge on any atom is 0.407 e. The molecule has 1 saturated heterocycles. The molecule has 4 rings (SSSR count). The maximum absolute atomic E-state index is 12.0. The van der Waals surface area contributed by atoms with Gasteiger partial charge < -0.3 is 19.5 Å². The predicted octanol–water partition coefficient (Wildman–Crippen LogP) is 4.29. The lowest BCUT2D eigenvalue weighted by Crippen LogP contribution is -2.32. The lowest BCUT2D eigenvalue weighted by atomic mass is 10.0. The van der Waals surface area contributed by atoms with Crippen molar-refractivity contribution in [2.75, 3.05) is 13.2 Å². The van der Waals surface area contributed by atoms with Gasteiger partial charge in [-0.3, -0.25) is 0 Å². The second kappa shape index (κ2) is 9.16. The van der Waals surface area contributed by atoms with Gasteiger partial charge in [-0.15, -0.1) is 5.10 Å². The molecule has 1 aromatic carbocycles. The third-order valence-electron chi connectivity index (χ3n) is 5.33. The number of nitrogens with zero attached hydrogens (tertiary/aromatic N) is 3. The summed E-state index contributed by atoms with van der Waals surface area (Å²) < 4.78 is 18.6. The molecule has 8 nitrogen and oxygen atoms in total. The molecule has 0 aliphatic carbocycles. The summed E-state index contributed by atoms with van der Waals surface area (Å²) in [7, 11) is 0. The third-order valence-corrected chi connectivity index (χ3v) is 5.33. The molecule has 32 heavy (non-hydrogen) atoms. The van der Waals surface area contributed by atoms with Crippen molar-refractivity contribution in [1.29, 1.82) is 0 Å². The van der Waals surface area contributed by atoms with Crippen LogP contribution in [0.4, 0.5) is 4.79 Å². The van der Waals surface area contributed by atoms with E-state index in [2.05, 4.69) is 21.7 Å². The van der Waals surface area contributed by atoms with E-state index in [9.17, 15) is 4.79 Å². The Morgan fingerprint density at radius 3 is 2.75 bits per heavy atom. The van der Waals surface area contributed by atoms with Crippen molar-refractivity contribution < 1.29 is 19.0 Å². The number of ether oxygens (including phenoxy) is 3. The number of benzene rings is 1. The Morgan fingerprint density at radius 2 is 2.03 bits per heavy atom. The van der Waals surface area contributed by atoms with Crippen molar-refractivity contribution in [3.05, 3.63) is 47.8 Å². The Hall–Kier alpha value is -3.13. The summed E-state index contributed by atoms with van der Waals surface area (Å²) in [5.41, 5.74) is 4.50. The van der Waals surface area contributed by atoms with E-state index in [0.29, 0.717) is 6.54 Å². The molecule has 1 aliphatic rings. The predicted molar refractivity (Wildman–Crippen MR) is 121 cm³/mol. The number of aryl methyl sites for hydroxylation is 1. The van der Waals surface area contributed by atoms with Crippen LogP contribution in [0.2, 0.25) is 0 Å². The molecule has 0 radical (unpaired) electrons. The molecule has 0 bridgehead atoms. The van der Waals surface area contributed by atoms with E-state index in [1.165, 1.54) is 0 Å². The second-order valence-electron chi connectivity index (χ2n) is 9.08. The second-order valence-corrected chi connectivity index (χ2v) is 9.08. The van der Waals surface area contributed by atoms with Gasteiger partial charge in [0.15, 0.2) is 0 Å². The van der Waals surface area contributed by atoms with Crippen LogP contribution in [0.5, 0.6) is 5.75 Å². The molecule has 170 valence electrons. The van der Waals surface area contributed by atoms with Gasteiger partial charge in [0.05, 0.1) is 31.1 Å². The number of fused-ring (bicyclic) bond motifs is 1. The van der Waals surface area contributed by atoms with Gasteiger partial charge in [0, 0.05) is 31.0 Å². The first-order valence-corrected chi connectivity index (χ1v) is 10.9. The number of carbonyl (C=O) groups is 1. The molecule has 1 aliphatic heterocycles. The molecule has 2 aromatic heterocycles. The van der Waals surface area contributed by atoms with Crippen LogP contribution in [0, 0.1) is 6.92 Å². The molecule has 3 heterocycles. The van der Waals surface area contributed by atoms with Crippen LogP contribution in [0.3, 0.4) is 0 Å². The van der Waals surface area contributed by atoms with Crippen molar-refractivity contribution in [1.82, 2.24) is 20.1 Å². The van der Waals surface area contributed by atoms with E-state index < -0.39 is 11.7 Å². The zero-order valence-electron chi connectivity index (χ0n) is 19.1. The largest absolute Gasteiger partial charge is 0.489 e. The summed E-state index contributed by atoms with van der Waals surface area (Å²) in [5.74, 6) is 0.786. The average Bonchev–Trinajstić information content (AvgIpc) is 3.14. The minimum absolute atomic E-state index is 0.163. The molecule has 3 aromatic rings. The van der Waals surface area contributed by atoms with E-state index in [1.807, 2.05) is 52.1 Å². The highest BCUT2D eigenvalue weighted by Gasteiger charge is 2.18. The van der Waals surface area contributed by atoms with E-state index in [0.717, 1.165) is 59.6 Å². The highest BCUT2D eigenvalue weighted by Crippen LogP contribution is 2.29. The van der Waals surface area contributed by atoms with E-state index in [-0.39, 0.29) is 6.10 Å². The van der Waals surface area contributed by atoms with Crippen LogP contribution in [0.15, 0.2) is 36.7 Å². The smallest absolute Gasteiger partial charge is 0.407 e. The van der Waals surface area contributed by atoms with E-state index >= 15 is 0 Å². The fourth-order valence-corrected chi connectivity index (χ4v) is 3.73. The van der Waals surface area contributed by atoms with Gasteiger partial charge in [-0.2, -0.15) is 0 Å². The molecule has 0 unspecified atom stereocenters. The van der Waals surface area contributed by atoms with Crippen LogP contribution in [0.1, 0.15) is 44.7 Å². The minimum atomic E-state index is -0.521. The molecule has 1 fully saturated rings. The van der Waals surface area contributed by atoms with Gasteiger partial charge in [0.25, 0.3) is 0 Å². The fraction of sp³-hybridized carbons (Fsp3) is 0.458. The van der Waals surface area contributed by atoms with Crippen molar-refractivity contribution in [3.63, 3.8) is 0 Å². The van der Waals surface area contributed by atoms with Gasteiger partial charge in [-0.1, -0.05) is 23.4 Å². The van der Waals surface area contributed by atoms with Crippen molar-refractivity contribution in [3.8, 4) is 16.9 Å². The maximum atomic E-state index is 12.0. The molecule has 0 spiro atoms. The van der Waals surface area contributed by atoms with Gasteiger partial charge >= 0.3 is 6.09 Å². The Kier molecular flexibility index (Phi) is 6.32. The summed E-state index contributed by atoms with van der Waals surface area (Å²) in [4.78, 5) is 12.0. The lowest BCUT2D eigenvalue weighted by Gasteiger charge is -2.22. The normalized spacial score (nSPS) is 15.0. The number of aromatic nitrogens is 3. The fourth-order valence-electron chi connectivity index (χ4n) is 3.73. The number of nitrogens with one attached hydrogen (secondary N) is 1. The van der Waals surface area contributed by atoms with E-state index in [4.69, 9.17) is 14.2 Å². The first kappa shape index (κ1) is 22.1. The SMILES string of the molecule is Cc1cc(-c2cnnn3cc(OC4CCOCC4)cc23)ccc1CNC(=O)OC(C)(C)C. The first-order chi connectivity index (χ1) is 15.3. The standard InChI is InChI=1S/C24H30N4O4/c1-16-11-17(5-6-18(16)13-25-23(29)32-24(2,3)4)21-14-26-27-28-15-20(12-22(21)28)31-19-7-9-30-10-8-19/h5-6,11-12,14-15,19H,7-10,13H2,1-4H3,(H,25,29). The van der Waals surface area contributed by atoms with Gasteiger partial charge in [0.1, 0.15) is 17.5 Å². The van der Waals surface area contributed by atoms with E-state index in [1.54, 1.807) is 10.7 Å². The number of amides is 1. The monoisotopic (exact) mass is 438 g/mol. The van der Waals surface area contributed by atoms with Crippen LogP contribution in [-0.2, 0) is 16.0 Å². The highest BCUT2D eigenvalue weighted by atomic mass is 16.6. The molecule has 0 saturated carbocycles. The summed E-state index contributed by atoms with van der Waals surface area (Å²) in [6, 6.07) is 8.14. The Labute approximate surface area is 187 Å². The number of hydrogen-bond acceptors (Lipinski definition) is 6. The Bertz CT molecular complexity index is 1100. The zero-order chi connectivity index (χ0) is 22.7. The zero-order valence-corrected chi connectivity index (χ0v) is 19.1. The topological polar surface area (TPSA) is 87.0 Å². The Balaban J connectivity index is 1.51. The van der Waals surface area contributed by atoms with Crippen molar-refractivity contribution >= 4 is 11.6 Å². The van der Waals surface area contributed by atoms with Crippen molar-refractivity contribution in [2.45, 2.75) is 58.8 Å². The van der Waals surface area contributed by atoms with Crippen molar-refractivity contribution in [2.24, 2.45) is 0 Å². The molecule has 1 N–H and O–H groups in total. The van der Waals surface area contributed by atoms with Gasteiger partial charge in [0.2, 0.25) is 0 Å². The highest BCUT2D eigenvalue weighted by molar-refractivity contribution is 5.81. The summed E-state index contributed by atoms with van der Waals surface area (Å²) in [6.07, 6.45) is 5.16. The first-order valence-electron chi connectivity index (χ1n) is 10.9. The number of hydrogen-bond donors (Lipinski definition) is 1. The number of carbonyl (C=O) groups excluding carboxylic acids is 1.